The van der Waals surface area contributed by atoms with Gasteiger partial charge in [0.25, 0.3) is 0 Å². The molecular weight excluding hydrogens is 224 g/mol. The Morgan fingerprint density at radius 3 is 2.50 bits per heavy atom. The molecule has 0 bridgehead atoms. The number of ketones is 2. The molecule has 2 nitrogen and oxygen atoms in total. The Bertz CT molecular complexity index is 408. The molecule has 2 rings (SSSR count). The number of halogens is 1. The van der Waals surface area contributed by atoms with Crippen LogP contribution in [-0.4, -0.2) is 11.6 Å². The van der Waals surface area contributed by atoms with Gasteiger partial charge in [-0.2, -0.15) is 0 Å². The molecule has 0 spiro atoms. The van der Waals surface area contributed by atoms with Crippen LogP contribution in [0.15, 0.2) is 24.3 Å². The van der Waals surface area contributed by atoms with Gasteiger partial charge in [-0.05, 0) is 37.1 Å². The Balaban J connectivity index is 2.17. The Morgan fingerprint density at radius 1 is 1.19 bits per heavy atom. The van der Waals surface area contributed by atoms with Crippen LogP contribution in [0.2, 0.25) is 5.02 Å². The van der Waals surface area contributed by atoms with E-state index in [1.54, 1.807) is 24.3 Å². The van der Waals surface area contributed by atoms with Gasteiger partial charge in [0.1, 0.15) is 5.78 Å². The molecular formula is C13H13ClO2. The van der Waals surface area contributed by atoms with Crippen molar-refractivity contribution in [3.63, 3.8) is 0 Å². The van der Waals surface area contributed by atoms with Crippen LogP contribution in [0.25, 0.3) is 0 Å². The van der Waals surface area contributed by atoms with E-state index in [9.17, 15) is 9.59 Å². The predicted octanol–water partition coefficient (Wildman–Crippen LogP) is 3.28. The van der Waals surface area contributed by atoms with E-state index >= 15 is 0 Å². The van der Waals surface area contributed by atoms with E-state index in [0.717, 1.165) is 12.8 Å². The molecule has 0 aliphatic heterocycles. The van der Waals surface area contributed by atoms with E-state index in [4.69, 9.17) is 11.6 Å². The van der Waals surface area contributed by atoms with Gasteiger partial charge in [0.05, 0.1) is 5.92 Å². The minimum absolute atomic E-state index is 0.0543. The fraction of sp³-hybridized carbons (Fsp3) is 0.385. The molecule has 84 valence electrons. The summed E-state index contributed by atoms with van der Waals surface area (Å²) >= 11 is 5.75. The van der Waals surface area contributed by atoms with Crippen molar-refractivity contribution in [3.8, 4) is 0 Å². The fourth-order valence-electron chi connectivity index (χ4n) is 2.08. The maximum Gasteiger partial charge on any atom is 0.173 e. The monoisotopic (exact) mass is 236 g/mol. The summed E-state index contributed by atoms with van der Waals surface area (Å²) in [5.74, 6) is -0.387. The second-order valence-corrected chi connectivity index (χ2v) is 4.57. The first kappa shape index (κ1) is 11.3. The highest BCUT2D eigenvalue weighted by Crippen LogP contribution is 2.24. The third-order valence-electron chi connectivity index (χ3n) is 3.00. The molecule has 0 N–H and O–H groups in total. The maximum atomic E-state index is 12.1. The SMILES string of the molecule is O=C1CCCCC1C(=O)c1ccc(Cl)cc1. The Labute approximate surface area is 99.6 Å². The van der Waals surface area contributed by atoms with E-state index in [-0.39, 0.29) is 11.6 Å². The summed E-state index contributed by atoms with van der Waals surface area (Å²) in [5.41, 5.74) is 0.588. The summed E-state index contributed by atoms with van der Waals surface area (Å²) in [5, 5.41) is 0.603. The van der Waals surface area contributed by atoms with Gasteiger partial charge in [-0.3, -0.25) is 9.59 Å². The summed E-state index contributed by atoms with van der Waals surface area (Å²) in [6.45, 7) is 0. The second-order valence-electron chi connectivity index (χ2n) is 4.14. The van der Waals surface area contributed by atoms with Gasteiger partial charge in [-0.15, -0.1) is 0 Å². The minimum Gasteiger partial charge on any atom is -0.299 e. The van der Waals surface area contributed by atoms with Gasteiger partial charge >= 0.3 is 0 Å². The minimum atomic E-state index is -0.421. The molecule has 16 heavy (non-hydrogen) atoms. The van der Waals surface area contributed by atoms with E-state index < -0.39 is 5.92 Å². The van der Waals surface area contributed by atoms with E-state index in [0.29, 0.717) is 23.4 Å². The largest absolute Gasteiger partial charge is 0.299 e. The third kappa shape index (κ3) is 2.33. The Morgan fingerprint density at radius 2 is 1.88 bits per heavy atom. The van der Waals surface area contributed by atoms with Crippen molar-refractivity contribution in [1.29, 1.82) is 0 Å². The first-order valence-corrected chi connectivity index (χ1v) is 5.89. The third-order valence-corrected chi connectivity index (χ3v) is 3.25. The smallest absolute Gasteiger partial charge is 0.173 e. The van der Waals surface area contributed by atoms with Crippen LogP contribution in [-0.2, 0) is 4.79 Å². The zero-order valence-electron chi connectivity index (χ0n) is 8.91. The number of hydrogen-bond acceptors (Lipinski definition) is 2. The molecule has 1 unspecified atom stereocenters. The lowest BCUT2D eigenvalue weighted by Gasteiger charge is -2.19. The zero-order valence-corrected chi connectivity index (χ0v) is 9.67. The first-order chi connectivity index (χ1) is 7.68. The van der Waals surface area contributed by atoms with Crippen molar-refractivity contribution in [1.82, 2.24) is 0 Å². The van der Waals surface area contributed by atoms with E-state index in [1.165, 1.54) is 0 Å². The van der Waals surface area contributed by atoms with Crippen molar-refractivity contribution in [2.45, 2.75) is 25.7 Å². The molecule has 1 aliphatic rings. The summed E-state index contributed by atoms with van der Waals surface area (Å²) in [4.78, 5) is 23.7. The molecule has 0 aromatic heterocycles. The van der Waals surface area contributed by atoms with Crippen LogP contribution in [0.4, 0.5) is 0 Å². The van der Waals surface area contributed by atoms with Crippen molar-refractivity contribution < 1.29 is 9.59 Å². The van der Waals surface area contributed by atoms with E-state index in [1.807, 2.05) is 0 Å². The van der Waals surface area contributed by atoms with Crippen LogP contribution in [0.5, 0.6) is 0 Å². The van der Waals surface area contributed by atoms with E-state index in [2.05, 4.69) is 0 Å². The highest BCUT2D eigenvalue weighted by molar-refractivity contribution is 6.30. The molecule has 1 atom stereocenters. The zero-order chi connectivity index (χ0) is 11.5. The lowest BCUT2D eigenvalue weighted by molar-refractivity contribution is -0.122. The number of Topliss-reactive ketones (excluding diaryl/α,β-unsaturated/α-hetero) is 2. The van der Waals surface area contributed by atoms with Crippen LogP contribution in [0.1, 0.15) is 36.0 Å². The van der Waals surface area contributed by atoms with Gasteiger partial charge in [-0.25, -0.2) is 0 Å². The molecule has 1 aromatic carbocycles. The number of carbonyl (C=O) groups is 2. The highest BCUT2D eigenvalue weighted by Gasteiger charge is 2.29. The van der Waals surface area contributed by atoms with Crippen LogP contribution in [0, 0.1) is 5.92 Å². The lowest BCUT2D eigenvalue weighted by atomic mass is 9.83. The van der Waals surface area contributed by atoms with Crippen molar-refractivity contribution in [2.24, 2.45) is 5.92 Å². The molecule has 0 heterocycles. The van der Waals surface area contributed by atoms with Crippen LogP contribution >= 0.6 is 11.6 Å². The predicted molar refractivity (Wildman–Crippen MR) is 62.7 cm³/mol. The summed E-state index contributed by atoms with van der Waals surface area (Å²) in [6, 6.07) is 6.74. The normalized spacial score (nSPS) is 20.8. The van der Waals surface area contributed by atoms with Gasteiger partial charge in [0.15, 0.2) is 5.78 Å². The maximum absolute atomic E-state index is 12.1. The van der Waals surface area contributed by atoms with Gasteiger partial charge in [-0.1, -0.05) is 18.0 Å². The fourth-order valence-corrected chi connectivity index (χ4v) is 2.20. The Hall–Kier alpha value is -1.15. The van der Waals surface area contributed by atoms with Crippen molar-refractivity contribution in [3.05, 3.63) is 34.9 Å². The number of rotatable bonds is 2. The van der Waals surface area contributed by atoms with Crippen LogP contribution < -0.4 is 0 Å². The highest BCUT2D eigenvalue weighted by atomic mass is 35.5. The average Bonchev–Trinajstić information content (AvgIpc) is 2.30. The molecule has 0 amide bonds. The Kier molecular flexibility index (Phi) is 3.39. The first-order valence-electron chi connectivity index (χ1n) is 5.51. The number of hydrogen-bond donors (Lipinski definition) is 0. The van der Waals surface area contributed by atoms with Gasteiger partial charge < -0.3 is 0 Å². The van der Waals surface area contributed by atoms with Crippen LogP contribution in [0.3, 0.4) is 0 Å². The molecule has 1 saturated carbocycles. The molecule has 0 radical (unpaired) electrons. The molecule has 0 saturated heterocycles. The summed E-state index contributed by atoms with van der Waals surface area (Å²) < 4.78 is 0. The lowest BCUT2D eigenvalue weighted by Crippen LogP contribution is -2.27. The summed E-state index contributed by atoms with van der Waals surface area (Å²) in [6.07, 6.45) is 3.13. The molecule has 3 heteroatoms. The molecule has 1 aliphatic carbocycles. The van der Waals surface area contributed by atoms with Gasteiger partial charge in [0.2, 0.25) is 0 Å². The topological polar surface area (TPSA) is 34.1 Å². The molecule has 1 fully saturated rings. The number of benzene rings is 1. The number of carbonyl (C=O) groups excluding carboxylic acids is 2. The van der Waals surface area contributed by atoms with Gasteiger partial charge in [0, 0.05) is 17.0 Å². The van der Waals surface area contributed by atoms with Crippen molar-refractivity contribution in [2.75, 3.05) is 0 Å². The van der Waals surface area contributed by atoms with Crippen molar-refractivity contribution >= 4 is 23.2 Å². The summed E-state index contributed by atoms with van der Waals surface area (Å²) in [7, 11) is 0. The quantitative estimate of drug-likeness (QED) is 0.583. The molecule has 1 aromatic rings. The second kappa shape index (κ2) is 4.79. The standard InChI is InChI=1S/C13H13ClO2/c14-10-7-5-9(6-8-10)13(16)11-3-1-2-4-12(11)15/h5-8,11H,1-4H2. The average molecular weight is 237 g/mol.